The lowest BCUT2D eigenvalue weighted by molar-refractivity contribution is -0.235. The molecule has 1 aliphatic heterocycles. The van der Waals surface area contributed by atoms with Gasteiger partial charge in [0.2, 0.25) is 0 Å². The molecule has 1 atom stereocenters. The standard InChI is InChI=1S/C19H18F3NO4/c1-10(24)11-4-6-12(7-5-11)23-13-8-17(2,3)9-14(25)15(13)18(27,16(23)26)19(20,21)22/h4-7,27H,8-9H2,1-3H3/t18-/m1/s1. The van der Waals surface area contributed by atoms with Crippen LogP contribution in [0.15, 0.2) is 35.5 Å². The van der Waals surface area contributed by atoms with E-state index in [4.69, 9.17) is 0 Å². The summed E-state index contributed by atoms with van der Waals surface area (Å²) in [5.74, 6) is -2.76. The number of carbonyl (C=O) groups is 3. The van der Waals surface area contributed by atoms with Crippen LogP contribution in [0.1, 0.15) is 44.0 Å². The lowest BCUT2D eigenvalue weighted by atomic mass is 9.73. The highest BCUT2D eigenvalue weighted by Gasteiger charge is 2.70. The second kappa shape index (κ2) is 5.76. The van der Waals surface area contributed by atoms with Crippen molar-refractivity contribution in [2.75, 3.05) is 4.90 Å². The summed E-state index contributed by atoms with van der Waals surface area (Å²) in [7, 11) is 0. The third-order valence-corrected chi connectivity index (χ3v) is 4.94. The van der Waals surface area contributed by atoms with Crippen LogP contribution < -0.4 is 4.90 Å². The van der Waals surface area contributed by atoms with Gasteiger partial charge in [-0.1, -0.05) is 13.8 Å². The van der Waals surface area contributed by atoms with Crippen LogP contribution in [0.3, 0.4) is 0 Å². The fraction of sp³-hybridized carbons (Fsp3) is 0.421. The molecule has 0 fully saturated rings. The van der Waals surface area contributed by atoms with Crippen LogP contribution in [0.5, 0.6) is 0 Å². The molecule has 0 spiro atoms. The number of hydrogen-bond donors (Lipinski definition) is 1. The summed E-state index contributed by atoms with van der Waals surface area (Å²) >= 11 is 0. The lowest BCUT2D eigenvalue weighted by Crippen LogP contribution is -2.55. The molecule has 1 N–H and O–H groups in total. The number of halogens is 3. The molecule has 1 aromatic carbocycles. The number of aliphatic hydroxyl groups is 1. The number of ketones is 2. The summed E-state index contributed by atoms with van der Waals surface area (Å²) in [6, 6.07) is 5.42. The third-order valence-electron chi connectivity index (χ3n) is 4.94. The Hall–Kier alpha value is -2.48. The van der Waals surface area contributed by atoms with Crippen LogP contribution in [0.2, 0.25) is 0 Å². The first-order valence-corrected chi connectivity index (χ1v) is 8.31. The number of amides is 1. The first-order chi connectivity index (χ1) is 12.3. The summed E-state index contributed by atoms with van der Waals surface area (Å²) < 4.78 is 41.0. The van der Waals surface area contributed by atoms with E-state index < -0.39 is 34.5 Å². The molecule has 1 heterocycles. The van der Waals surface area contributed by atoms with Crippen LogP contribution in [-0.2, 0) is 9.59 Å². The Bertz CT molecular complexity index is 883. The first kappa shape index (κ1) is 19.3. The molecule has 0 radical (unpaired) electrons. The number of nitrogens with zero attached hydrogens (tertiary/aromatic N) is 1. The van der Waals surface area contributed by atoms with Crippen LogP contribution in [0.25, 0.3) is 0 Å². The summed E-state index contributed by atoms with van der Waals surface area (Å²) in [5.41, 5.74) is -5.18. The van der Waals surface area contributed by atoms with Gasteiger partial charge in [0.15, 0.2) is 11.6 Å². The zero-order valence-corrected chi connectivity index (χ0v) is 15.0. The molecule has 1 amide bonds. The van der Waals surface area contributed by atoms with Gasteiger partial charge >= 0.3 is 6.18 Å². The van der Waals surface area contributed by atoms with E-state index in [1.54, 1.807) is 13.8 Å². The normalized spacial score (nSPS) is 25.1. The Morgan fingerprint density at radius 3 is 2.15 bits per heavy atom. The topological polar surface area (TPSA) is 74.7 Å². The van der Waals surface area contributed by atoms with Crippen LogP contribution in [-0.4, -0.2) is 34.4 Å². The van der Waals surface area contributed by atoms with Gasteiger partial charge in [0.1, 0.15) is 0 Å². The highest BCUT2D eigenvalue weighted by molar-refractivity contribution is 6.18. The van der Waals surface area contributed by atoms with Gasteiger partial charge in [0.25, 0.3) is 11.5 Å². The third kappa shape index (κ3) is 2.79. The molecule has 0 unspecified atom stereocenters. The predicted octanol–water partition coefficient (Wildman–Crippen LogP) is 3.17. The van der Waals surface area contributed by atoms with E-state index >= 15 is 0 Å². The number of rotatable bonds is 2. The smallest absolute Gasteiger partial charge is 0.368 e. The average Bonchev–Trinajstić information content (AvgIpc) is 2.74. The van der Waals surface area contributed by atoms with E-state index in [-0.39, 0.29) is 30.0 Å². The molecular weight excluding hydrogens is 363 g/mol. The van der Waals surface area contributed by atoms with Crippen LogP contribution >= 0.6 is 0 Å². The molecule has 27 heavy (non-hydrogen) atoms. The number of Topliss-reactive ketones (excluding diaryl/α,β-unsaturated/α-hetero) is 2. The summed E-state index contributed by atoms with van der Waals surface area (Å²) in [6.07, 6.45) is -5.52. The van der Waals surface area contributed by atoms with Crippen molar-refractivity contribution in [1.29, 1.82) is 0 Å². The number of anilines is 1. The molecule has 3 rings (SSSR count). The molecule has 2 aliphatic rings. The Labute approximate surface area is 153 Å². The molecular formula is C19H18F3NO4. The van der Waals surface area contributed by atoms with Gasteiger partial charge in [-0.2, -0.15) is 13.2 Å². The molecule has 5 nitrogen and oxygen atoms in total. The van der Waals surface area contributed by atoms with E-state index in [0.29, 0.717) is 5.56 Å². The van der Waals surface area contributed by atoms with E-state index in [9.17, 15) is 32.7 Å². The highest BCUT2D eigenvalue weighted by Crippen LogP contribution is 2.52. The molecule has 8 heteroatoms. The minimum atomic E-state index is -5.34. The van der Waals surface area contributed by atoms with E-state index in [0.717, 1.165) is 4.90 Å². The van der Waals surface area contributed by atoms with Crippen molar-refractivity contribution in [3.8, 4) is 0 Å². The van der Waals surface area contributed by atoms with Crippen molar-refractivity contribution in [1.82, 2.24) is 0 Å². The van der Waals surface area contributed by atoms with Crippen molar-refractivity contribution < 1.29 is 32.7 Å². The molecule has 144 valence electrons. The van der Waals surface area contributed by atoms with Gasteiger partial charge in [-0.05, 0) is 43.0 Å². The van der Waals surface area contributed by atoms with Gasteiger partial charge < -0.3 is 5.11 Å². The SMILES string of the molecule is CC(=O)c1ccc(N2C(=O)[C@@](O)(C(F)(F)F)C3=C2CC(C)(C)CC3=O)cc1. The van der Waals surface area contributed by atoms with Gasteiger partial charge in [0, 0.05) is 23.4 Å². The molecule has 0 saturated heterocycles. The van der Waals surface area contributed by atoms with Crippen molar-refractivity contribution in [2.45, 2.75) is 45.4 Å². The highest BCUT2D eigenvalue weighted by atomic mass is 19.4. The largest absolute Gasteiger partial charge is 0.430 e. The number of allylic oxidation sites excluding steroid dienone is 1. The molecule has 1 aliphatic carbocycles. The Morgan fingerprint density at radius 2 is 1.67 bits per heavy atom. The molecule has 0 bridgehead atoms. The maximum absolute atomic E-state index is 13.7. The quantitative estimate of drug-likeness (QED) is 0.799. The Balaban J connectivity index is 2.21. The molecule has 0 saturated carbocycles. The number of hydrogen-bond acceptors (Lipinski definition) is 4. The van der Waals surface area contributed by atoms with E-state index in [1.807, 2.05) is 0 Å². The first-order valence-electron chi connectivity index (χ1n) is 8.31. The number of benzene rings is 1. The monoisotopic (exact) mass is 381 g/mol. The zero-order chi connectivity index (χ0) is 20.4. The van der Waals surface area contributed by atoms with Crippen LogP contribution in [0, 0.1) is 5.41 Å². The van der Waals surface area contributed by atoms with Crippen LogP contribution in [0.4, 0.5) is 18.9 Å². The summed E-state index contributed by atoms with van der Waals surface area (Å²) in [6.45, 7) is 4.75. The van der Waals surface area contributed by atoms with Gasteiger partial charge in [-0.3, -0.25) is 19.3 Å². The second-order valence-electron chi connectivity index (χ2n) is 7.71. The number of carbonyl (C=O) groups excluding carboxylic acids is 3. The Kier molecular flexibility index (Phi) is 4.11. The lowest BCUT2D eigenvalue weighted by Gasteiger charge is -2.33. The summed E-state index contributed by atoms with van der Waals surface area (Å²) in [4.78, 5) is 37.4. The minimum absolute atomic E-state index is 0.0205. The maximum Gasteiger partial charge on any atom is 0.430 e. The fourth-order valence-corrected chi connectivity index (χ4v) is 3.66. The van der Waals surface area contributed by atoms with Crippen molar-refractivity contribution in [3.05, 3.63) is 41.1 Å². The Morgan fingerprint density at radius 1 is 1.11 bits per heavy atom. The zero-order valence-electron chi connectivity index (χ0n) is 15.0. The van der Waals surface area contributed by atoms with E-state index in [2.05, 4.69) is 0 Å². The fourth-order valence-electron chi connectivity index (χ4n) is 3.66. The van der Waals surface area contributed by atoms with Crippen molar-refractivity contribution in [2.24, 2.45) is 5.41 Å². The minimum Gasteiger partial charge on any atom is -0.368 e. The molecule has 1 aromatic rings. The number of alkyl halides is 3. The predicted molar refractivity (Wildman–Crippen MR) is 90.0 cm³/mol. The molecule has 0 aromatic heterocycles. The van der Waals surface area contributed by atoms with Gasteiger partial charge in [0.05, 0.1) is 5.57 Å². The van der Waals surface area contributed by atoms with Crippen molar-refractivity contribution >= 4 is 23.2 Å². The second-order valence-corrected chi connectivity index (χ2v) is 7.71. The summed E-state index contributed by atoms with van der Waals surface area (Å²) in [5, 5.41) is 10.4. The van der Waals surface area contributed by atoms with Crippen molar-refractivity contribution in [3.63, 3.8) is 0 Å². The van der Waals surface area contributed by atoms with E-state index in [1.165, 1.54) is 31.2 Å². The van der Waals surface area contributed by atoms with Gasteiger partial charge in [-0.15, -0.1) is 0 Å². The van der Waals surface area contributed by atoms with Gasteiger partial charge in [-0.25, -0.2) is 0 Å². The maximum atomic E-state index is 13.7. The average molecular weight is 381 g/mol.